The normalized spacial score (nSPS) is 16.5. The molecule has 2 atom stereocenters. The van der Waals surface area contributed by atoms with E-state index in [0.29, 0.717) is 25.2 Å². The summed E-state index contributed by atoms with van der Waals surface area (Å²) in [5, 5.41) is 13.8. The predicted molar refractivity (Wildman–Crippen MR) is 141 cm³/mol. The molecular weight excluding hydrogens is 468 g/mol. The molecule has 0 bridgehead atoms. The molecule has 2 aromatic heterocycles. The molecule has 0 spiro atoms. The molecular formula is C28H34N6O3. The van der Waals surface area contributed by atoms with Crippen molar-refractivity contribution in [2.75, 3.05) is 13.7 Å². The minimum absolute atomic E-state index is 0.0772. The number of pyridine rings is 1. The molecule has 194 valence electrons. The SMILES string of the molecule is CC[C@H](c1nnnn1C[C@H]1CCCO1)N(Cc1ccc(OC)cc1)Cc1cc2ccc(C)cc2[nH]c1=O. The molecule has 1 N–H and O–H groups in total. The van der Waals surface area contributed by atoms with Crippen LogP contribution in [0.1, 0.15) is 54.7 Å². The molecule has 1 aliphatic heterocycles. The van der Waals surface area contributed by atoms with Gasteiger partial charge in [-0.1, -0.05) is 31.2 Å². The van der Waals surface area contributed by atoms with Crippen LogP contribution in [-0.4, -0.2) is 49.9 Å². The van der Waals surface area contributed by atoms with Crippen LogP contribution in [0.5, 0.6) is 5.75 Å². The van der Waals surface area contributed by atoms with E-state index in [1.807, 2.05) is 35.9 Å². The number of hydrogen-bond donors (Lipinski definition) is 1. The Morgan fingerprint density at radius 2 is 2.03 bits per heavy atom. The molecule has 0 aliphatic carbocycles. The Kier molecular flexibility index (Phi) is 7.62. The van der Waals surface area contributed by atoms with E-state index >= 15 is 0 Å². The highest BCUT2D eigenvalue weighted by molar-refractivity contribution is 5.79. The third-order valence-corrected chi connectivity index (χ3v) is 7.08. The summed E-state index contributed by atoms with van der Waals surface area (Å²) in [7, 11) is 1.66. The van der Waals surface area contributed by atoms with Crippen molar-refractivity contribution in [3.8, 4) is 5.75 Å². The van der Waals surface area contributed by atoms with Crippen molar-refractivity contribution in [1.29, 1.82) is 0 Å². The number of hydrogen-bond acceptors (Lipinski definition) is 7. The highest BCUT2D eigenvalue weighted by Crippen LogP contribution is 2.28. The van der Waals surface area contributed by atoms with E-state index in [2.05, 4.69) is 56.6 Å². The number of rotatable bonds is 10. The highest BCUT2D eigenvalue weighted by Gasteiger charge is 2.28. The average Bonchev–Trinajstić information content (AvgIpc) is 3.58. The predicted octanol–water partition coefficient (Wildman–Crippen LogP) is 4.16. The fraction of sp³-hybridized carbons (Fsp3) is 0.429. The summed E-state index contributed by atoms with van der Waals surface area (Å²) in [6.45, 7) is 6.65. The summed E-state index contributed by atoms with van der Waals surface area (Å²) in [5.41, 5.74) is 3.71. The van der Waals surface area contributed by atoms with E-state index in [-0.39, 0.29) is 17.7 Å². The number of aromatic nitrogens is 5. The van der Waals surface area contributed by atoms with E-state index in [1.165, 1.54) is 0 Å². The highest BCUT2D eigenvalue weighted by atomic mass is 16.5. The Morgan fingerprint density at radius 3 is 2.76 bits per heavy atom. The minimum atomic E-state index is -0.0911. The molecule has 2 aromatic carbocycles. The third kappa shape index (κ3) is 5.73. The first-order chi connectivity index (χ1) is 18.0. The van der Waals surface area contributed by atoms with Gasteiger partial charge in [-0.25, -0.2) is 4.68 Å². The smallest absolute Gasteiger partial charge is 0.252 e. The summed E-state index contributed by atoms with van der Waals surface area (Å²) < 4.78 is 13.1. The number of benzene rings is 2. The first-order valence-corrected chi connectivity index (χ1v) is 12.9. The Labute approximate surface area is 216 Å². The maximum Gasteiger partial charge on any atom is 0.252 e. The van der Waals surface area contributed by atoms with Crippen LogP contribution in [0, 0.1) is 6.92 Å². The van der Waals surface area contributed by atoms with Crippen LogP contribution < -0.4 is 10.3 Å². The zero-order chi connectivity index (χ0) is 25.8. The number of nitrogens with one attached hydrogen (secondary N) is 1. The van der Waals surface area contributed by atoms with Gasteiger partial charge in [0.25, 0.3) is 5.56 Å². The van der Waals surface area contributed by atoms with E-state index < -0.39 is 0 Å². The number of H-pyrrole nitrogens is 1. The van der Waals surface area contributed by atoms with Crippen LogP contribution in [0.15, 0.2) is 53.3 Å². The zero-order valence-corrected chi connectivity index (χ0v) is 21.7. The summed E-state index contributed by atoms with van der Waals surface area (Å²) >= 11 is 0. The van der Waals surface area contributed by atoms with Crippen molar-refractivity contribution in [3.63, 3.8) is 0 Å². The molecule has 1 saturated heterocycles. The Hall–Kier alpha value is -3.56. The summed E-state index contributed by atoms with van der Waals surface area (Å²) in [6.07, 6.45) is 2.99. The molecule has 1 aliphatic rings. The number of fused-ring (bicyclic) bond motifs is 1. The van der Waals surface area contributed by atoms with Gasteiger partial charge in [-0.2, -0.15) is 0 Å². The second-order valence-corrected chi connectivity index (χ2v) is 9.75. The van der Waals surface area contributed by atoms with Crippen LogP contribution in [0.25, 0.3) is 10.9 Å². The standard InChI is InChI=1S/C28H34N6O3/c1-4-26(27-30-31-32-34(27)18-24-6-5-13-37-24)33(16-20-8-11-23(36-3)12-9-20)17-22-15-21-10-7-19(2)14-25(21)29-28(22)35/h7-12,14-15,24,26H,4-6,13,16-18H2,1-3H3,(H,29,35)/t24-,26-/m1/s1. The molecule has 0 amide bonds. The van der Waals surface area contributed by atoms with Crippen molar-refractivity contribution >= 4 is 10.9 Å². The molecule has 37 heavy (non-hydrogen) atoms. The monoisotopic (exact) mass is 502 g/mol. The van der Waals surface area contributed by atoms with Gasteiger partial charge >= 0.3 is 0 Å². The number of aryl methyl sites for hydroxylation is 1. The van der Waals surface area contributed by atoms with E-state index in [4.69, 9.17) is 9.47 Å². The number of ether oxygens (including phenoxy) is 2. The molecule has 3 heterocycles. The van der Waals surface area contributed by atoms with E-state index in [0.717, 1.165) is 59.5 Å². The summed E-state index contributed by atoms with van der Waals surface area (Å²) in [4.78, 5) is 18.5. The van der Waals surface area contributed by atoms with E-state index in [9.17, 15) is 4.79 Å². The van der Waals surface area contributed by atoms with Crippen molar-refractivity contribution in [2.24, 2.45) is 0 Å². The van der Waals surface area contributed by atoms with Crippen LogP contribution in [-0.2, 0) is 24.4 Å². The molecule has 0 saturated carbocycles. The maximum atomic E-state index is 13.1. The van der Waals surface area contributed by atoms with Crippen molar-refractivity contribution in [2.45, 2.75) is 64.9 Å². The zero-order valence-electron chi connectivity index (χ0n) is 21.7. The number of tetrazole rings is 1. The Morgan fingerprint density at radius 1 is 1.19 bits per heavy atom. The maximum absolute atomic E-state index is 13.1. The lowest BCUT2D eigenvalue weighted by molar-refractivity contribution is 0.0888. The van der Waals surface area contributed by atoms with Crippen molar-refractivity contribution in [1.82, 2.24) is 30.1 Å². The first-order valence-electron chi connectivity index (χ1n) is 12.9. The summed E-state index contributed by atoms with van der Waals surface area (Å²) in [5.74, 6) is 1.60. The second kappa shape index (κ2) is 11.2. The summed E-state index contributed by atoms with van der Waals surface area (Å²) in [6, 6.07) is 16.1. The average molecular weight is 503 g/mol. The Bertz CT molecular complexity index is 1390. The van der Waals surface area contributed by atoms with Crippen LogP contribution in [0.2, 0.25) is 0 Å². The number of nitrogens with zero attached hydrogens (tertiary/aromatic N) is 5. The van der Waals surface area contributed by atoms with Gasteiger partial charge in [0.05, 0.1) is 25.8 Å². The van der Waals surface area contributed by atoms with Crippen molar-refractivity contribution < 1.29 is 9.47 Å². The molecule has 9 nitrogen and oxygen atoms in total. The number of aromatic amines is 1. The molecule has 9 heteroatoms. The molecule has 5 rings (SSSR count). The molecule has 4 aromatic rings. The lowest BCUT2D eigenvalue weighted by atomic mass is 10.1. The van der Waals surface area contributed by atoms with Crippen LogP contribution in [0.4, 0.5) is 0 Å². The largest absolute Gasteiger partial charge is 0.497 e. The number of methoxy groups -OCH3 is 1. The molecule has 1 fully saturated rings. The van der Waals surface area contributed by atoms with Gasteiger partial charge in [0.1, 0.15) is 5.75 Å². The fourth-order valence-corrected chi connectivity index (χ4v) is 5.10. The molecule has 0 unspecified atom stereocenters. The van der Waals surface area contributed by atoms with Gasteiger partial charge in [0.15, 0.2) is 5.82 Å². The first kappa shape index (κ1) is 25.1. The van der Waals surface area contributed by atoms with Gasteiger partial charge in [-0.3, -0.25) is 9.69 Å². The van der Waals surface area contributed by atoms with Crippen LogP contribution in [0.3, 0.4) is 0 Å². The topological polar surface area (TPSA) is 98.2 Å². The Balaban J connectivity index is 1.49. The third-order valence-electron chi connectivity index (χ3n) is 7.08. The van der Waals surface area contributed by atoms with Gasteiger partial charge in [-0.05, 0) is 77.4 Å². The van der Waals surface area contributed by atoms with Gasteiger partial charge in [0, 0.05) is 30.8 Å². The fourth-order valence-electron chi connectivity index (χ4n) is 5.10. The minimum Gasteiger partial charge on any atom is -0.497 e. The van der Waals surface area contributed by atoms with Crippen LogP contribution >= 0.6 is 0 Å². The van der Waals surface area contributed by atoms with E-state index in [1.54, 1.807) is 7.11 Å². The van der Waals surface area contributed by atoms with Gasteiger partial charge < -0.3 is 14.5 Å². The quantitative estimate of drug-likeness (QED) is 0.348. The second-order valence-electron chi connectivity index (χ2n) is 9.75. The van der Waals surface area contributed by atoms with Gasteiger partial charge in [0.2, 0.25) is 0 Å². The van der Waals surface area contributed by atoms with Gasteiger partial charge in [-0.15, -0.1) is 5.10 Å². The lowest BCUT2D eigenvalue weighted by Crippen LogP contribution is -2.33. The lowest BCUT2D eigenvalue weighted by Gasteiger charge is -2.30. The van der Waals surface area contributed by atoms with Crippen molar-refractivity contribution in [3.05, 3.63) is 81.4 Å². The molecule has 0 radical (unpaired) electrons.